The molecule has 0 aromatic carbocycles. The zero-order valence-corrected chi connectivity index (χ0v) is 12.2. The van der Waals surface area contributed by atoms with E-state index in [2.05, 4.69) is 4.98 Å². The lowest BCUT2D eigenvalue weighted by molar-refractivity contribution is -0.127. The minimum absolute atomic E-state index is 0.119. The number of anilines is 1. The Hall–Kier alpha value is -1.56. The van der Waals surface area contributed by atoms with Gasteiger partial charge in [-0.15, -0.1) is 11.3 Å². The van der Waals surface area contributed by atoms with Crippen molar-refractivity contribution < 1.29 is 14.4 Å². The molecule has 0 unspecified atom stereocenters. The van der Waals surface area contributed by atoms with Crippen LogP contribution in [0.25, 0.3) is 0 Å². The van der Waals surface area contributed by atoms with Crippen LogP contribution < -0.4 is 4.90 Å². The fourth-order valence-corrected chi connectivity index (χ4v) is 4.01. The Bertz CT molecular complexity index is 587. The molecule has 20 heavy (non-hydrogen) atoms. The third-order valence-corrected chi connectivity index (χ3v) is 5.08. The first-order chi connectivity index (χ1) is 9.53. The summed E-state index contributed by atoms with van der Waals surface area (Å²) in [5, 5.41) is 1.94. The molecule has 3 rings (SSSR count). The fourth-order valence-electron chi connectivity index (χ4n) is 3.14. The number of rotatable bonds is 2. The van der Waals surface area contributed by atoms with E-state index in [0.29, 0.717) is 17.2 Å². The quantitative estimate of drug-likeness (QED) is 0.620. The monoisotopic (exact) mass is 292 g/mol. The molecule has 1 saturated heterocycles. The Balaban J connectivity index is 1.91. The molecule has 2 aliphatic rings. The third-order valence-electron chi connectivity index (χ3n) is 4.25. The van der Waals surface area contributed by atoms with Crippen molar-refractivity contribution in [1.29, 1.82) is 0 Å². The first kappa shape index (κ1) is 13.4. The van der Waals surface area contributed by atoms with E-state index in [-0.39, 0.29) is 17.6 Å². The number of nitrogens with zero attached hydrogens (tertiary/aromatic N) is 2. The average Bonchev–Trinajstić information content (AvgIpc) is 2.96. The SMILES string of the molecule is CC(=O)c1csc(N2C(=O)CC3(CCCCC3)C2=O)n1. The lowest BCUT2D eigenvalue weighted by Gasteiger charge is -2.30. The second kappa shape index (κ2) is 4.77. The van der Waals surface area contributed by atoms with E-state index in [1.54, 1.807) is 5.38 Å². The molecule has 1 aromatic rings. The molecule has 2 fully saturated rings. The predicted octanol–water partition coefficient (Wildman–Crippen LogP) is 2.56. The molecule has 0 N–H and O–H groups in total. The van der Waals surface area contributed by atoms with Crippen molar-refractivity contribution in [2.45, 2.75) is 45.4 Å². The van der Waals surface area contributed by atoms with Gasteiger partial charge in [-0.05, 0) is 12.8 Å². The van der Waals surface area contributed by atoms with Gasteiger partial charge >= 0.3 is 0 Å². The van der Waals surface area contributed by atoms with Gasteiger partial charge in [0.1, 0.15) is 5.69 Å². The topological polar surface area (TPSA) is 67.3 Å². The van der Waals surface area contributed by atoms with Crippen LogP contribution in [0.3, 0.4) is 0 Å². The molecule has 1 aliphatic carbocycles. The van der Waals surface area contributed by atoms with Crippen LogP contribution in [0.1, 0.15) is 55.9 Å². The highest BCUT2D eigenvalue weighted by Crippen LogP contribution is 2.46. The van der Waals surface area contributed by atoms with Crippen molar-refractivity contribution in [2.75, 3.05) is 4.90 Å². The smallest absolute Gasteiger partial charge is 0.242 e. The molecule has 1 saturated carbocycles. The maximum Gasteiger partial charge on any atom is 0.242 e. The Labute approximate surface area is 121 Å². The van der Waals surface area contributed by atoms with E-state index in [1.165, 1.54) is 23.2 Å². The van der Waals surface area contributed by atoms with Gasteiger partial charge < -0.3 is 0 Å². The summed E-state index contributed by atoms with van der Waals surface area (Å²) in [6.45, 7) is 1.43. The Morgan fingerprint density at radius 1 is 1.30 bits per heavy atom. The highest BCUT2D eigenvalue weighted by Gasteiger charge is 2.52. The highest BCUT2D eigenvalue weighted by molar-refractivity contribution is 7.14. The number of hydrogen-bond acceptors (Lipinski definition) is 5. The number of Topliss-reactive ketones (excluding diaryl/α,β-unsaturated/α-hetero) is 1. The summed E-state index contributed by atoms with van der Waals surface area (Å²) in [7, 11) is 0. The summed E-state index contributed by atoms with van der Waals surface area (Å²) < 4.78 is 0. The van der Waals surface area contributed by atoms with Crippen molar-refractivity contribution >= 4 is 34.1 Å². The van der Waals surface area contributed by atoms with E-state index in [9.17, 15) is 14.4 Å². The van der Waals surface area contributed by atoms with Gasteiger partial charge in [0.25, 0.3) is 0 Å². The largest absolute Gasteiger partial charge is 0.293 e. The van der Waals surface area contributed by atoms with Gasteiger partial charge in [0.05, 0.1) is 5.41 Å². The van der Waals surface area contributed by atoms with Crippen molar-refractivity contribution in [3.05, 3.63) is 11.1 Å². The minimum Gasteiger partial charge on any atom is -0.293 e. The van der Waals surface area contributed by atoms with Crippen LogP contribution in [0.2, 0.25) is 0 Å². The minimum atomic E-state index is -0.503. The van der Waals surface area contributed by atoms with Crippen LogP contribution in [0.4, 0.5) is 5.13 Å². The zero-order chi connectivity index (χ0) is 14.3. The summed E-state index contributed by atoms with van der Waals surface area (Å²) in [6, 6.07) is 0. The molecule has 0 bridgehead atoms. The lowest BCUT2D eigenvalue weighted by Crippen LogP contribution is -2.36. The normalized spacial score (nSPS) is 21.8. The molecule has 106 valence electrons. The summed E-state index contributed by atoms with van der Waals surface area (Å²) >= 11 is 1.18. The molecule has 6 heteroatoms. The molecule has 0 radical (unpaired) electrons. The van der Waals surface area contributed by atoms with Crippen molar-refractivity contribution in [2.24, 2.45) is 5.41 Å². The molecular formula is C14H16N2O3S. The number of amides is 2. The summed E-state index contributed by atoms with van der Waals surface area (Å²) in [5.41, 5.74) is -0.188. The van der Waals surface area contributed by atoms with Crippen molar-refractivity contribution in [3.8, 4) is 0 Å². The Morgan fingerprint density at radius 2 is 2.00 bits per heavy atom. The zero-order valence-electron chi connectivity index (χ0n) is 11.3. The van der Waals surface area contributed by atoms with Crippen LogP contribution in [0.15, 0.2) is 5.38 Å². The van der Waals surface area contributed by atoms with Gasteiger partial charge in [-0.2, -0.15) is 0 Å². The molecular weight excluding hydrogens is 276 g/mol. The van der Waals surface area contributed by atoms with Gasteiger partial charge in [-0.1, -0.05) is 19.3 Å². The third kappa shape index (κ3) is 1.98. The fraction of sp³-hybridized carbons (Fsp3) is 0.571. The number of aromatic nitrogens is 1. The van der Waals surface area contributed by atoms with Gasteiger partial charge in [-0.3, -0.25) is 14.4 Å². The average molecular weight is 292 g/mol. The summed E-state index contributed by atoms with van der Waals surface area (Å²) in [6.07, 6.45) is 5.01. The Morgan fingerprint density at radius 3 is 2.60 bits per heavy atom. The molecule has 1 spiro atoms. The van der Waals surface area contributed by atoms with Crippen LogP contribution >= 0.6 is 11.3 Å². The second-order valence-corrected chi connectivity index (χ2v) is 6.46. The van der Waals surface area contributed by atoms with Crippen LogP contribution in [0, 0.1) is 5.41 Å². The van der Waals surface area contributed by atoms with Crippen molar-refractivity contribution in [1.82, 2.24) is 4.98 Å². The highest BCUT2D eigenvalue weighted by atomic mass is 32.1. The number of carbonyl (C=O) groups is 3. The summed E-state index contributed by atoms with van der Waals surface area (Å²) in [4.78, 5) is 41.5. The van der Waals surface area contributed by atoms with Gasteiger partial charge in [0, 0.05) is 18.7 Å². The number of ketones is 1. The first-order valence-electron chi connectivity index (χ1n) is 6.87. The standard InChI is InChI=1S/C14H16N2O3S/c1-9(17)10-8-20-13(15-10)16-11(18)7-14(12(16)19)5-3-2-4-6-14/h8H,2-7H2,1H3. The number of carbonyl (C=O) groups excluding carboxylic acids is 3. The van der Waals surface area contributed by atoms with Crippen LogP contribution in [-0.4, -0.2) is 22.6 Å². The molecule has 0 atom stereocenters. The summed E-state index contributed by atoms with van der Waals surface area (Å²) in [5.74, 6) is -0.452. The van der Waals surface area contributed by atoms with Gasteiger partial charge in [0.2, 0.25) is 11.8 Å². The number of thiazole rings is 1. The Kier molecular flexibility index (Phi) is 3.20. The number of imide groups is 1. The molecule has 1 aliphatic heterocycles. The molecule has 2 amide bonds. The van der Waals surface area contributed by atoms with E-state index < -0.39 is 5.41 Å². The first-order valence-corrected chi connectivity index (χ1v) is 7.75. The maximum atomic E-state index is 12.7. The molecule has 2 heterocycles. The molecule has 5 nitrogen and oxygen atoms in total. The number of hydrogen-bond donors (Lipinski definition) is 0. The van der Waals surface area contributed by atoms with E-state index >= 15 is 0 Å². The van der Waals surface area contributed by atoms with Crippen molar-refractivity contribution in [3.63, 3.8) is 0 Å². The second-order valence-electron chi connectivity index (χ2n) is 5.62. The van der Waals surface area contributed by atoms with Crippen LogP contribution in [0.5, 0.6) is 0 Å². The lowest BCUT2D eigenvalue weighted by atomic mass is 9.73. The van der Waals surface area contributed by atoms with E-state index in [0.717, 1.165) is 32.1 Å². The maximum absolute atomic E-state index is 12.7. The van der Waals surface area contributed by atoms with Gasteiger partial charge in [0.15, 0.2) is 10.9 Å². The van der Waals surface area contributed by atoms with E-state index in [1.807, 2.05) is 0 Å². The van der Waals surface area contributed by atoms with E-state index in [4.69, 9.17) is 0 Å². The van der Waals surface area contributed by atoms with Crippen LogP contribution in [-0.2, 0) is 9.59 Å². The molecule has 1 aromatic heterocycles. The van der Waals surface area contributed by atoms with Gasteiger partial charge in [-0.25, -0.2) is 9.88 Å². The predicted molar refractivity (Wildman–Crippen MR) is 74.7 cm³/mol.